The van der Waals surface area contributed by atoms with E-state index < -0.39 is 5.97 Å². The number of esters is 1. The number of rotatable bonds is 4. The van der Waals surface area contributed by atoms with Gasteiger partial charge >= 0.3 is 5.97 Å². The van der Waals surface area contributed by atoms with Crippen molar-refractivity contribution in [2.45, 2.75) is 13.3 Å². The molecule has 1 aromatic carbocycles. The largest absolute Gasteiger partial charge is 0.465 e. The van der Waals surface area contributed by atoms with E-state index in [-0.39, 0.29) is 5.91 Å². The van der Waals surface area contributed by atoms with Gasteiger partial charge in [0.05, 0.1) is 18.4 Å². The number of carbonyl (C=O) groups is 2. The molecule has 0 unspecified atom stereocenters. The highest BCUT2D eigenvalue weighted by Crippen LogP contribution is 2.16. The van der Waals surface area contributed by atoms with Crippen LogP contribution in [0.15, 0.2) is 24.3 Å². The van der Waals surface area contributed by atoms with Crippen LogP contribution in [0.4, 0.5) is 5.69 Å². The van der Waals surface area contributed by atoms with Gasteiger partial charge in [0.25, 0.3) is 5.91 Å². The van der Waals surface area contributed by atoms with Crippen LogP contribution in [-0.4, -0.2) is 28.6 Å². The predicted octanol–water partition coefficient (Wildman–Crippen LogP) is 2.14. The Balaban J connectivity index is 2.18. The number of hydrogen-bond donors (Lipinski definition) is 1. The van der Waals surface area contributed by atoms with Crippen molar-refractivity contribution in [3.05, 3.63) is 40.4 Å². The van der Waals surface area contributed by atoms with E-state index in [1.807, 2.05) is 6.92 Å². The number of anilines is 1. The third-order valence-electron chi connectivity index (χ3n) is 2.64. The molecule has 2 aromatic rings. The summed E-state index contributed by atoms with van der Waals surface area (Å²) in [6, 6.07) is 6.55. The van der Waals surface area contributed by atoms with Crippen LogP contribution >= 0.6 is 11.5 Å². The first kappa shape index (κ1) is 14.1. The van der Waals surface area contributed by atoms with Crippen molar-refractivity contribution in [3.63, 3.8) is 0 Å². The first-order valence-corrected chi connectivity index (χ1v) is 6.74. The number of aromatic nitrogens is 2. The van der Waals surface area contributed by atoms with Gasteiger partial charge < -0.3 is 10.1 Å². The van der Waals surface area contributed by atoms with E-state index in [2.05, 4.69) is 19.6 Å². The Morgan fingerprint density at radius 1 is 1.40 bits per heavy atom. The zero-order valence-electron chi connectivity index (χ0n) is 11.0. The normalized spacial score (nSPS) is 10.1. The van der Waals surface area contributed by atoms with Crippen molar-refractivity contribution in [1.82, 2.24) is 9.59 Å². The van der Waals surface area contributed by atoms with Gasteiger partial charge in [-0.15, -0.1) is 5.10 Å². The predicted molar refractivity (Wildman–Crippen MR) is 75.0 cm³/mol. The maximum absolute atomic E-state index is 12.1. The lowest BCUT2D eigenvalue weighted by atomic mass is 10.2. The summed E-state index contributed by atoms with van der Waals surface area (Å²) in [6.45, 7) is 1.91. The van der Waals surface area contributed by atoms with Crippen molar-refractivity contribution in [3.8, 4) is 0 Å². The molecule has 0 aliphatic carbocycles. The molecule has 0 saturated heterocycles. The van der Waals surface area contributed by atoms with Gasteiger partial charge in [0, 0.05) is 5.69 Å². The van der Waals surface area contributed by atoms with Gasteiger partial charge in [-0.1, -0.05) is 17.5 Å². The highest BCUT2D eigenvalue weighted by atomic mass is 32.1. The van der Waals surface area contributed by atoms with E-state index >= 15 is 0 Å². The lowest BCUT2D eigenvalue weighted by Gasteiger charge is -2.06. The summed E-state index contributed by atoms with van der Waals surface area (Å²) in [6.07, 6.45) is 0.640. The second-order valence-electron chi connectivity index (χ2n) is 3.93. The van der Waals surface area contributed by atoms with Crippen molar-refractivity contribution >= 4 is 29.1 Å². The number of ether oxygens (including phenoxy) is 1. The Morgan fingerprint density at radius 3 is 2.90 bits per heavy atom. The lowest BCUT2D eigenvalue weighted by Crippen LogP contribution is -2.13. The molecular formula is C13H13N3O3S. The van der Waals surface area contributed by atoms with Gasteiger partial charge in [0.2, 0.25) is 0 Å². The van der Waals surface area contributed by atoms with Crippen molar-refractivity contribution in [1.29, 1.82) is 0 Å². The van der Waals surface area contributed by atoms with Crippen LogP contribution in [0.5, 0.6) is 0 Å². The second-order valence-corrected chi connectivity index (χ2v) is 4.68. The molecule has 0 aliphatic rings. The van der Waals surface area contributed by atoms with Crippen molar-refractivity contribution < 1.29 is 14.3 Å². The first-order chi connectivity index (χ1) is 9.65. The van der Waals surface area contributed by atoms with Crippen molar-refractivity contribution in [2.75, 3.05) is 12.4 Å². The second kappa shape index (κ2) is 6.25. The van der Waals surface area contributed by atoms with Crippen LogP contribution in [0.3, 0.4) is 0 Å². The number of nitrogens with one attached hydrogen (secondary N) is 1. The Bertz CT molecular complexity index is 639. The molecule has 104 valence electrons. The summed E-state index contributed by atoms with van der Waals surface area (Å²) in [5.41, 5.74) is 1.56. The average molecular weight is 291 g/mol. The number of aryl methyl sites for hydroxylation is 1. The molecule has 0 fully saturated rings. The first-order valence-electron chi connectivity index (χ1n) is 5.96. The Hall–Kier alpha value is -2.28. The number of nitrogens with zero attached hydrogens (tertiary/aromatic N) is 2. The van der Waals surface area contributed by atoms with Gasteiger partial charge in [0.15, 0.2) is 0 Å². The Kier molecular flexibility index (Phi) is 4.41. The summed E-state index contributed by atoms with van der Waals surface area (Å²) >= 11 is 1.05. The fourth-order valence-corrected chi connectivity index (χ4v) is 2.29. The van der Waals surface area contributed by atoms with E-state index in [9.17, 15) is 9.59 Å². The monoisotopic (exact) mass is 291 g/mol. The van der Waals surface area contributed by atoms with Crippen molar-refractivity contribution in [2.24, 2.45) is 0 Å². The molecule has 1 aromatic heterocycles. The molecule has 2 rings (SSSR count). The molecule has 20 heavy (non-hydrogen) atoms. The minimum absolute atomic E-state index is 0.279. The minimum Gasteiger partial charge on any atom is -0.465 e. The fourth-order valence-electron chi connectivity index (χ4n) is 1.64. The lowest BCUT2D eigenvalue weighted by molar-refractivity contribution is 0.0600. The third kappa shape index (κ3) is 3.00. The quantitative estimate of drug-likeness (QED) is 0.873. The summed E-state index contributed by atoms with van der Waals surface area (Å²) in [5.74, 6) is -0.728. The highest BCUT2D eigenvalue weighted by molar-refractivity contribution is 7.08. The van der Waals surface area contributed by atoms with E-state index in [0.29, 0.717) is 28.2 Å². The summed E-state index contributed by atoms with van der Waals surface area (Å²) in [5, 5.41) is 6.61. The van der Waals surface area contributed by atoms with Crippen LogP contribution in [0, 0.1) is 0 Å². The van der Waals surface area contributed by atoms with Crippen LogP contribution in [0.25, 0.3) is 0 Å². The van der Waals surface area contributed by atoms with E-state index in [1.165, 1.54) is 7.11 Å². The molecule has 0 saturated carbocycles. The number of benzene rings is 1. The van der Waals surface area contributed by atoms with E-state index in [0.717, 1.165) is 11.5 Å². The summed E-state index contributed by atoms with van der Waals surface area (Å²) in [7, 11) is 1.31. The Morgan fingerprint density at radius 2 is 2.20 bits per heavy atom. The molecule has 1 heterocycles. The van der Waals surface area contributed by atoms with Crippen LogP contribution in [-0.2, 0) is 11.2 Å². The van der Waals surface area contributed by atoms with E-state index in [4.69, 9.17) is 0 Å². The minimum atomic E-state index is -0.449. The number of amides is 1. The topological polar surface area (TPSA) is 81.2 Å². The molecule has 0 atom stereocenters. The summed E-state index contributed by atoms with van der Waals surface area (Å²) < 4.78 is 8.41. The molecule has 1 amide bonds. The Labute approximate surface area is 119 Å². The maximum atomic E-state index is 12.1. The van der Waals surface area contributed by atoms with Crippen LogP contribution < -0.4 is 5.32 Å². The standard InChI is InChI=1S/C13H13N3O3S/c1-3-10-11(20-16-15-10)12(17)14-9-6-4-5-8(7-9)13(18)19-2/h4-7H,3H2,1-2H3,(H,14,17). The highest BCUT2D eigenvalue weighted by Gasteiger charge is 2.15. The SMILES string of the molecule is CCc1nnsc1C(=O)Nc1cccc(C(=O)OC)c1. The van der Waals surface area contributed by atoms with Crippen LogP contribution in [0.2, 0.25) is 0 Å². The third-order valence-corrected chi connectivity index (χ3v) is 3.41. The zero-order chi connectivity index (χ0) is 14.5. The van der Waals surface area contributed by atoms with Gasteiger partial charge in [0.1, 0.15) is 4.88 Å². The number of methoxy groups -OCH3 is 1. The molecule has 0 aliphatic heterocycles. The molecule has 0 bridgehead atoms. The molecule has 0 spiro atoms. The molecule has 7 heteroatoms. The smallest absolute Gasteiger partial charge is 0.337 e. The number of carbonyl (C=O) groups excluding carboxylic acids is 2. The van der Waals surface area contributed by atoms with E-state index in [1.54, 1.807) is 24.3 Å². The zero-order valence-corrected chi connectivity index (χ0v) is 11.9. The van der Waals surface area contributed by atoms with Gasteiger partial charge in [-0.25, -0.2) is 4.79 Å². The van der Waals surface area contributed by atoms with Gasteiger partial charge in [-0.05, 0) is 36.2 Å². The molecule has 0 radical (unpaired) electrons. The maximum Gasteiger partial charge on any atom is 0.337 e. The molecular weight excluding hydrogens is 278 g/mol. The fraction of sp³-hybridized carbons (Fsp3) is 0.231. The van der Waals surface area contributed by atoms with Gasteiger partial charge in [-0.3, -0.25) is 4.79 Å². The average Bonchev–Trinajstić information content (AvgIpc) is 2.95. The summed E-state index contributed by atoms with van der Waals surface area (Å²) in [4.78, 5) is 24.0. The van der Waals surface area contributed by atoms with Crippen LogP contribution in [0.1, 0.15) is 32.6 Å². The molecule has 1 N–H and O–H groups in total. The molecule has 6 nitrogen and oxygen atoms in total. The number of hydrogen-bond acceptors (Lipinski definition) is 6. The van der Waals surface area contributed by atoms with Gasteiger partial charge in [-0.2, -0.15) is 0 Å².